The predicted molar refractivity (Wildman–Crippen MR) is 106 cm³/mol. The van der Waals surface area contributed by atoms with Crippen LogP contribution in [0.5, 0.6) is 0 Å². The first-order valence-electron chi connectivity index (χ1n) is 8.02. The van der Waals surface area contributed by atoms with E-state index in [1.54, 1.807) is 0 Å². The molecule has 3 heteroatoms. The number of rotatable bonds is 1. The van der Waals surface area contributed by atoms with E-state index in [0.29, 0.717) is 0 Å². The average Bonchev–Trinajstić information content (AvgIpc) is 3.11. The van der Waals surface area contributed by atoms with Crippen molar-refractivity contribution in [3.05, 3.63) is 66.2 Å². The van der Waals surface area contributed by atoms with Gasteiger partial charge in [-0.2, -0.15) is 4.57 Å². The molecular formula is C21H16NS2+. The number of aryl methyl sites for hydroxylation is 2. The average molecular weight is 347 g/mol. The van der Waals surface area contributed by atoms with Gasteiger partial charge in [0.25, 0.3) is 5.01 Å². The van der Waals surface area contributed by atoms with Gasteiger partial charge in [-0.15, -0.1) is 11.3 Å². The minimum absolute atomic E-state index is 1.31. The van der Waals surface area contributed by atoms with Gasteiger partial charge in [-0.05, 0) is 30.7 Å². The molecule has 1 nitrogen and oxygen atoms in total. The van der Waals surface area contributed by atoms with E-state index in [9.17, 15) is 0 Å². The highest BCUT2D eigenvalue weighted by molar-refractivity contribution is 7.26. The Morgan fingerprint density at radius 1 is 0.750 bits per heavy atom. The van der Waals surface area contributed by atoms with Gasteiger partial charge in [0, 0.05) is 26.2 Å². The Balaban J connectivity index is 1.86. The molecule has 0 N–H and O–H groups in total. The lowest BCUT2D eigenvalue weighted by molar-refractivity contribution is -0.629. The van der Waals surface area contributed by atoms with Crippen LogP contribution in [0.2, 0.25) is 0 Å². The summed E-state index contributed by atoms with van der Waals surface area (Å²) in [5, 5.41) is 4.06. The number of aromatic nitrogens is 1. The van der Waals surface area contributed by atoms with Gasteiger partial charge in [-0.1, -0.05) is 47.7 Å². The normalized spacial score (nSPS) is 11.8. The van der Waals surface area contributed by atoms with Gasteiger partial charge in [-0.25, -0.2) is 0 Å². The summed E-state index contributed by atoms with van der Waals surface area (Å²) in [6.07, 6.45) is 0. The number of nitrogens with zero attached hydrogens (tertiary/aromatic N) is 1. The Kier molecular flexibility index (Phi) is 3.02. The van der Waals surface area contributed by atoms with Gasteiger partial charge < -0.3 is 0 Å². The molecule has 0 aliphatic rings. The molecule has 0 amide bonds. The number of fused-ring (bicyclic) bond motifs is 4. The molecule has 0 spiro atoms. The topological polar surface area (TPSA) is 3.88 Å². The molecule has 0 aliphatic carbocycles. The summed E-state index contributed by atoms with van der Waals surface area (Å²) < 4.78 is 6.44. The Hall–Kier alpha value is -2.23. The Labute approximate surface area is 148 Å². The summed E-state index contributed by atoms with van der Waals surface area (Å²) in [6, 6.07) is 22.1. The SMILES string of the molecule is Cc1ccccc1-c1sc2cc3sc4ccccc4c3cc2[n+]1C. The monoisotopic (exact) mass is 346 g/mol. The summed E-state index contributed by atoms with van der Waals surface area (Å²) in [5.41, 5.74) is 3.97. The number of thiophene rings is 1. The zero-order valence-corrected chi connectivity index (χ0v) is 15.2. The summed E-state index contributed by atoms with van der Waals surface area (Å²) in [7, 11) is 2.18. The highest BCUT2D eigenvalue weighted by Crippen LogP contribution is 2.38. The van der Waals surface area contributed by atoms with Crippen molar-refractivity contribution in [2.45, 2.75) is 6.92 Å². The maximum absolute atomic E-state index is 2.36. The second kappa shape index (κ2) is 5.13. The second-order valence-corrected chi connectivity index (χ2v) is 8.31. The highest BCUT2D eigenvalue weighted by atomic mass is 32.1. The molecule has 2 aromatic heterocycles. The van der Waals surface area contributed by atoms with E-state index in [4.69, 9.17) is 0 Å². The third kappa shape index (κ3) is 1.95. The smallest absolute Gasteiger partial charge is 0.184 e. The standard InChI is InChI=1S/C21H16NS2/c1-13-7-3-4-8-14(13)21-22(2)17-11-16-15-9-5-6-10-18(15)23-19(16)12-20(17)24-21/h3-12H,1-2H3/q+1. The minimum Gasteiger partial charge on any atom is -0.184 e. The van der Waals surface area contributed by atoms with E-state index in [0.717, 1.165) is 0 Å². The van der Waals surface area contributed by atoms with Crippen molar-refractivity contribution >= 4 is 53.1 Å². The van der Waals surface area contributed by atoms with Crippen molar-refractivity contribution in [2.75, 3.05) is 0 Å². The maximum Gasteiger partial charge on any atom is 0.270 e. The second-order valence-electron chi connectivity index (χ2n) is 6.20. The van der Waals surface area contributed by atoms with E-state index < -0.39 is 0 Å². The summed E-state index contributed by atoms with van der Waals surface area (Å²) in [5.74, 6) is 0. The number of hydrogen-bond donors (Lipinski definition) is 0. The lowest BCUT2D eigenvalue weighted by atomic mass is 10.1. The molecule has 2 heterocycles. The van der Waals surface area contributed by atoms with Crippen molar-refractivity contribution in [3.63, 3.8) is 0 Å². The zero-order chi connectivity index (χ0) is 16.3. The molecule has 116 valence electrons. The molecule has 0 saturated carbocycles. The summed E-state index contributed by atoms with van der Waals surface area (Å²) >= 11 is 3.77. The van der Waals surface area contributed by atoms with Crippen molar-refractivity contribution in [1.29, 1.82) is 0 Å². The molecule has 0 radical (unpaired) electrons. The van der Waals surface area contributed by atoms with Gasteiger partial charge in [0.1, 0.15) is 11.7 Å². The van der Waals surface area contributed by atoms with Crippen LogP contribution in [0.15, 0.2) is 60.7 Å². The maximum atomic E-state index is 2.36. The van der Waals surface area contributed by atoms with Crippen LogP contribution >= 0.6 is 22.7 Å². The van der Waals surface area contributed by atoms with Crippen LogP contribution in [0.25, 0.3) is 41.0 Å². The van der Waals surface area contributed by atoms with Crippen LogP contribution in [0.3, 0.4) is 0 Å². The van der Waals surface area contributed by atoms with Crippen LogP contribution in [0.4, 0.5) is 0 Å². The molecule has 0 atom stereocenters. The van der Waals surface area contributed by atoms with Gasteiger partial charge in [-0.3, -0.25) is 0 Å². The zero-order valence-electron chi connectivity index (χ0n) is 13.5. The van der Waals surface area contributed by atoms with E-state index in [2.05, 4.69) is 79.2 Å². The molecule has 24 heavy (non-hydrogen) atoms. The predicted octanol–water partition coefficient (Wildman–Crippen LogP) is 6.07. The third-order valence-electron chi connectivity index (χ3n) is 4.71. The van der Waals surface area contributed by atoms with E-state index >= 15 is 0 Å². The van der Waals surface area contributed by atoms with Crippen LogP contribution in [0, 0.1) is 6.92 Å². The highest BCUT2D eigenvalue weighted by Gasteiger charge is 2.21. The first-order valence-corrected chi connectivity index (χ1v) is 9.65. The first-order chi connectivity index (χ1) is 11.7. The molecular weight excluding hydrogens is 330 g/mol. The first kappa shape index (κ1) is 14.1. The van der Waals surface area contributed by atoms with Gasteiger partial charge in [0.2, 0.25) is 5.52 Å². The molecule has 0 fully saturated rings. The fourth-order valence-corrected chi connectivity index (χ4v) is 5.88. The molecule has 3 aromatic carbocycles. The van der Waals surface area contributed by atoms with Crippen LogP contribution in [-0.4, -0.2) is 0 Å². The quantitative estimate of drug-likeness (QED) is 0.324. The number of thiazole rings is 1. The van der Waals surface area contributed by atoms with Crippen LogP contribution in [-0.2, 0) is 7.05 Å². The van der Waals surface area contributed by atoms with Crippen molar-refractivity contribution < 1.29 is 4.57 Å². The van der Waals surface area contributed by atoms with Gasteiger partial charge in [0.15, 0.2) is 0 Å². The summed E-state index contributed by atoms with van der Waals surface area (Å²) in [4.78, 5) is 0. The lowest BCUT2D eigenvalue weighted by Gasteiger charge is -1.98. The largest absolute Gasteiger partial charge is 0.270 e. The fraction of sp³-hybridized carbons (Fsp3) is 0.0952. The Bertz CT molecular complexity index is 1230. The van der Waals surface area contributed by atoms with Crippen molar-refractivity contribution in [1.82, 2.24) is 0 Å². The molecule has 5 rings (SSSR count). The van der Waals surface area contributed by atoms with E-state index in [1.165, 1.54) is 46.5 Å². The minimum atomic E-state index is 1.31. The molecule has 0 saturated heterocycles. The number of benzene rings is 3. The Morgan fingerprint density at radius 3 is 2.42 bits per heavy atom. The van der Waals surface area contributed by atoms with Crippen LogP contribution in [0.1, 0.15) is 5.56 Å². The van der Waals surface area contributed by atoms with Crippen molar-refractivity contribution in [3.8, 4) is 10.6 Å². The molecule has 0 bridgehead atoms. The third-order valence-corrected chi connectivity index (χ3v) is 7.07. The summed E-state index contributed by atoms with van der Waals surface area (Å²) in [6.45, 7) is 2.19. The molecule has 5 aromatic rings. The molecule has 0 unspecified atom stereocenters. The van der Waals surface area contributed by atoms with Gasteiger partial charge in [0.05, 0.1) is 5.56 Å². The van der Waals surface area contributed by atoms with E-state index in [-0.39, 0.29) is 0 Å². The fourth-order valence-electron chi connectivity index (χ4n) is 3.42. The lowest BCUT2D eigenvalue weighted by Crippen LogP contribution is -2.28. The molecule has 0 aliphatic heterocycles. The van der Waals surface area contributed by atoms with Crippen molar-refractivity contribution in [2.24, 2.45) is 7.05 Å². The van der Waals surface area contributed by atoms with Crippen LogP contribution < -0.4 is 4.57 Å². The number of hydrogen-bond acceptors (Lipinski definition) is 2. The van der Waals surface area contributed by atoms with Gasteiger partial charge >= 0.3 is 0 Å². The Morgan fingerprint density at radius 2 is 1.54 bits per heavy atom. The van der Waals surface area contributed by atoms with E-state index in [1.807, 2.05) is 22.7 Å².